The average Bonchev–Trinajstić information content (AvgIpc) is 3.16. The van der Waals surface area contributed by atoms with Crippen LogP contribution in [-0.2, 0) is 6.42 Å². The summed E-state index contributed by atoms with van der Waals surface area (Å²) in [5, 5.41) is 13.2. The molecular weight excluding hydrogens is 372 g/mol. The number of aliphatic hydroxyl groups is 1. The van der Waals surface area contributed by atoms with Gasteiger partial charge in [-0.15, -0.1) is 0 Å². The quantitative estimate of drug-likeness (QED) is 0.588. The number of allylic oxidation sites excluding steroid dienone is 1. The van der Waals surface area contributed by atoms with E-state index in [1.54, 1.807) is 6.20 Å². The van der Waals surface area contributed by atoms with Gasteiger partial charge in [-0.25, -0.2) is 4.98 Å². The predicted octanol–water partition coefficient (Wildman–Crippen LogP) is 4.50. The number of aromatic amines is 1. The van der Waals surface area contributed by atoms with Crippen molar-refractivity contribution in [2.75, 3.05) is 13.2 Å². The first-order valence-corrected chi connectivity index (χ1v) is 11.8. The van der Waals surface area contributed by atoms with Crippen LogP contribution in [0.5, 0.6) is 0 Å². The van der Waals surface area contributed by atoms with E-state index in [9.17, 15) is 5.11 Å². The van der Waals surface area contributed by atoms with Gasteiger partial charge < -0.3 is 15.4 Å². The molecule has 3 N–H and O–H groups in total. The van der Waals surface area contributed by atoms with Crippen molar-refractivity contribution >= 4 is 11.0 Å². The Morgan fingerprint density at radius 2 is 2.03 bits per heavy atom. The molecule has 30 heavy (non-hydrogen) atoms. The third-order valence-electron chi connectivity index (χ3n) is 7.60. The number of hydrogen-bond donors (Lipinski definition) is 3. The standard InChI is InChI=1S/C25H38N4O/c1-16(2)22-11-19(12-25-28-23-8-9-26-14-24(23)29-25)17(3)10-20(22)13-27-21-6-4-18(15-30)5-7-21/h8-10,14,16,18-22,27,30H,4-7,11-13,15H2,1-3H3,(H,28,29). The minimum atomic E-state index is 0.357. The Hall–Kier alpha value is -1.72. The molecule has 0 spiro atoms. The molecule has 0 radical (unpaired) electrons. The molecule has 5 nitrogen and oxygen atoms in total. The number of nitrogens with zero attached hydrogens (tertiary/aromatic N) is 2. The van der Waals surface area contributed by atoms with Crippen LogP contribution in [0.25, 0.3) is 11.0 Å². The molecule has 3 atom stereocenters. The first-order chi connectivity index (χ1) is 14.5. The molecule has 2 aliphatic carbocycles. The van der Waals surface area contributed by atoms with Gasteiger partial charge in [0.15, 0.2) is 0 Å². The lowest BCUT2D eigenvalue weighted by Crippen LogP contribution is -2.40. The topological polar surface area (TPSA) is 73.8 Å². The zero-order valence-corrected chi connectivity index (χ0v) is 18.8. The number of rotatable bonds is 7. The van der Waals surface area contributed by atoms with Crippen molar-refractivity contribution in [3.63, 3.8) is 0 Å². The summed E-state index contributed by atoms with van der Waals surface area (Å²) in [4.78, 5) is 12.5. The molecule has 0 aliphatic heterocycles. The molecule has 2 aliphatic rings. The Morgan fingerprint density at radius 3 is 2.73 bits per heavy atom. The summed E-state index contributed by atoms with van der Waals surface area (Å²) in [6.07, 6.45) is 13.2. The van der Waals surface area contributed by atoms with E-state index in [1.165, 1.54) is 24.8 Å². The Balaban J connectivity index is 1.39. The summed E-state index contributed by atoms with van der Waals surface area (Å²) in [7, 11) is 0. The van der Waals surface area contributed by atoms with E-state index in [4.69, 9.17) is 4.98 Å². The summed E-state index contributed by atoms with van der Waals surface area (Å²) in [6, 6.07) is 2.60. The smallest absolute Gasteiger partial charge is 0.107 e. The summed E-state index contributed by atoms with van der Waals surface area (Å²) >= 11 is 0. The lowest BCUT2D eigenvalue weighted by molar-refractivity contribution is 0.168. The molecular formula is C25H38N4O. The van der Waals surface area contributed by atoms with Crippen LogP contribution in [0.15, 0.2) is 30.1 Å². The van der Waals surface area contributed by atoms with Crippen LogP contribution in [-0.4, -0.2) is 39.3 Å². The molecule has 0 amide bonds. The Labute approximate surface area is 180 Å². The van der Waals surface area contributed by atoms with E-state index in [-0.39, 0.29) is 0 Å². The van der Waals surface area contributed by atoms with Crippen molar-refractivity contribution in [2.45, 2.75) is 65.3 Å². The van der Waals surface area contributed by atoms with Gasteiger partial charge in [0.05, 0.1) is 17.2 Å². The number of hydrogen-bond acceptors (Lipinski definition) is 4. The van der Waals surface area contributed by atoms with Crippen LogP contribution in [0.4, 0.5) is 0 Å². The van der Waals surface area contributed by atoms with Crippen molar-refractivity contribution in [1.29, 1.82) is 0 Å². The van der Waals surface area contributed by atoms with Crippen molar-refractivity contribution in [3.05, 3.63) is 35.9 Å². The van der Waals surface area contributed by atoms with Gasteiger partial charge in [0.2, 0.25) is 0 Å². The van der Waals surface area contributed by atoms with Crippen LogP contribution in [0.2, 0.25) is 0 Å². The lowest BCUT2D eigenvalue weighted by atomic mass is 9.69. The number of aliphatic hydroxyl groups excluding tert-OH is 1. The van der Waals surface area contributed by atoms with E-state index >= 15 is 0 Å². The molecule has 164 valence electrons. The van der Waals surface area contributed by atoms with Crippen molar-refractivity contribution in [3.8, 4) is 0 Å². The van der Waals surface area contributed by atoms with Crippen LogP contribution in [0, 0.1) is 29.6 Å². The fraction of sp³-hybridized carbons (Fsp3) is 0.680. The number of imidazole rings is 1. The number of aromatic nitrogens is 3. The zero-order chi connectivity index (χ0) is 21.1. The highest BCUT2D eigenvalue weighted by Gasteiger charge is 2.32. The number of pyridine rings is 1. The van der Waals surface area contributed by atoms with E-state index in [1.807, 2.05) is 12.3 Å². The molecule has 5 heteroatoms. The fourth-order valence-corrected chi connectivity index (χ4v) is 5.60. The molecule has 1 saturated carbocycles. The Kier molecular flexibility index (Phi) is 6.89. The zero-order valence-electron chi connectivity index (χ0n) is 18.8. The van der Waals surface area contributed by atoms with E-state index < -0.39 is 0 Å². The summed E-state index contributed by atoms with van der Waals surface area (Å²) in [5.74, 6) is 4.15. The van der Waals surface area contributed by atoms with Gasteiger partial charge in [0.25, 0.3) is 0 Å². The molecule has 2 aromatic rings. The maximum Gasteiger partial charge on any atom is 0.107 e. The summed E-state index contributed by atoms with van der Waals surface area (Å²) < 4.78 is 0. The van der Waals surface area contributed by atoms with Crippen molar-refractivity contribution in [1.82, 2.24) is 20.3 Å². The second-order valence-corrected chi connectivity index (χ2v) is 10.0. The summed E-state index contributed by atoms with van der Waals surface area (Å²) in [5.41, 5.74) is 3.56. The van der Waals surface area contributed by atoms with Crippen LogP contribution >= 0.6 is 0 Å². The molecule has 3 unspecified atom stereocenters. The van der Waals surface area contributed by atoms with Gasteiger partial charge in [0, 0.05) is 31.8 Å². The van der Waals surface area contributed by atoms with E-state index in [0.29, 0.717) is 42.2 Å². The van der Waals surface area contributed by atoms with E-state index in [2.05, 4.69) is 42.1 Å². The first-order valence-electron chi connectivity index (χ1n) is 11.8. The minimum Gasteiger partial charge on any atom is -0.396 e. The van der Waals surface area contributed by atoms with Crippen LogP contribution in [0.1, 0.15) is 58.7 Å². The van der Waals surface area contributed by atoms with Gasteiger partial charge in [-0.05, 0) is 74.7 Å². The second-order valence-electron chi connectivity index (χ2n) is 10.0. The number of fused-ring (bicyclic) bond motifs is 1. The van der Waals surface area contributed by atoms with Crippen molar-refractivity contribution in [2.24, 2.45) is 29.6 Å². The first kappa shape index (κ1) is 21.5. The third-order valence-corrected chi connectivity index (χ3v) is 7.60. The minimum absolute atomic E-state index is 0.357. The highest BCUT2D eigenvalue weighted by molar-refractivity contribution is 5.73. The monoisotopic (exact) mass is 410 g/mol. The van der Waals surface area contributed by atoms with Gasteiger partial charge in [-0.1, -0.05) is 25.5 Å². The number of nitrogens with one attached hydrogen (secondary N) is 2. The third kappa shape index (κ3) is 4.94. The van der Waals surface area contributed by atoms with Gasteiger partial charge in [-0.2, -0.15) is 0 Å². The highest BCUT2D eigenvalue weighted by atomic mass is 16.3. The van der Waals surface area contributed by atoms with Crippen LogP contribution < -0.4 is 5.32 Å². The second kappa shape index (κ2) is 9.61. The maximum absolute atomic E-state index is 9.37. The Bertz CT molecular complexity index is 817. The highest BCUT2D eigenvalue weighted by Crippen LogP contribution is 2.39. The molecule has 0 bridgehead atoms. The molecule has 0 aromatic carbocycles. The molecule has 2 aromatic heterocycles. The fourth-order valence-electron chi connectivity index (χ4n) is 5.60. The summed E-state index contributed by atoms with van der Waals surface area (Å²) in [6.45, 7) is 8.50. The maximum atomic E-state index is 9.37. The molecule has 0 saturated heterocycles. The van der Waals surface area contributed by atoms with E-state index in [0.717, 1.165) is 42.7 Å². The van der Waals surface area contributed by atoms with Crippen LogP contribution in [0.3, 0.4) is 0 Å². The van der Waals surface area contributed by atoms with Gasteiger partial charge in [0.1, 0.15) is 5.82 Å². The average molecular weight is 411 g/mol. The Morgan fingerprint density at radius 1 is 1.23 bits per heavy atom. The number of H-pyrrole nitrogens is 1. The largest absolute Gasteiger partial charge is 0.396 e. The molecule has 4 rings (SSSR count). The lowest BCUT2D eigenvalue weighted by Gasteiger charge is -2.38. The van der Waals surface area contributed by atoms with Gasteiger partial charge >= 0.3 is 0 Å². The normalized spacial score (nSPS) is 30.0. The van der Waals surface area contributed by atoms with Crippen molar-refractivity contribution < 1.29 is 5.11 Å². The predicted molar refractivity (Wildman–Crippen MR) is 122 cm³/mol. The van der Waals surface area contributed by atoms with Gasteiger partial charge in [-0.3, -0.25) is 4.98 Å². The molecule has 2 heterocycles. The SMILES string of the molecule is CC1=CC(CNC2CCC(CO)CC2)C(C(C)C)CC1Cc1nc2ccncc2[nH]1. The molecule has 1 fully saturated rings.